The van der Waals surface area contributed by atoms with Crippen molar-refractivity contribution in [3.63, 3.8) is 0 Å². The molecule has 2 bridgehead atoms. The predicted octanol–water partition coefficient (Wildman–Crippen LogP) is 4.93. The van der Waals surface area contributed by atoms with E-state index in [0.29, 0.717) is 37.1 Å². The summed E-state index contributed by atoms with van der Waals surface area (Å²) in [6, 6.07) is 5.84. The maximum Gasteiger partial charge on any atom is 0.412 e. The van der Waals surface area contributed by atoms with E-state index in [-0.39, 0.29) is 28.6 Å². The molecule has 0 saturated carbocycles. The fourth-order valence-electron chi connectivity index (χ4n) is 5.67. The van der Waals surface area contributed by atoms with Gasteiger partial charge in [0, 0.05) is 19.0 Å². The molecule has 15 heteroatoms. The minimum absolute atomic E-state index is 0.0168. The molecular weight excluding hydrogens is 605 g/mol. The number of carbonyl (C=O) groups excluding carboxylic acids is 3. The molecule has 13 nitrogen and oxygen atoms in total. The van der Waals surface area contributed by atoms with E-state index < -0.39 is 40.7 Å². The van der Waals surface area contributed by atoms with Crippen LogP contribution in [0.15, 0.2) is 41.2 Å². The van der Waals surface area contributed by atoms with E-state index in [2.05, 4.69) is 26.5 Å². The molecule has 0 aliphatic carbocycles. The number of hydrogen-bond donors (Lipinski definition) is 4. The van der Waals surface area contributed by atoms with Crippen molar-refractivity contribution >= 4 is 41.4 Å². The topological polar surface area (TPSA) is 148 Å². The van der Waals surface area contributed by atoms with Gasteiger partial charge in [-0.3, -0.25) is 20.2 Å². The minimum atomic E-state index is -0.778. The number of para-hydroxylation sites is 1. The second-order valence-electron chi connectivity index (χ2n) is 13.2. The number of nitrogens with zero attached hydrogens (tertiary/aromatic N) is 3. The number of fused-ring (bicyclic) bond motifs is 2. The zero-order valence-electron chi connectivity index (χ0n) is 26.4. The molecule has 244 valence electrons. The van der Waals surface area contributed by atoms with Crippen LogP contribution in [0.4, 0.5) is 25.4 Å². The number of amides is 3. The second-order valence-corrected chi connectivity index (χ2v) is 14.2. The van der Waals surface area contributed by atoms with E-state index in [1.165, 1.54) is 10.5 Å². The molecule has 2 aromatic rings. The maximum atomic E-state index is 14.7. The van der Waals surface area contributed by atoms with E-state index in [1.54, 1.807) is 56.9 Å². The van der Waals surface area contributed by atoms with E-state index in [1.807, 2.05) is 20.8 Å². The number of hydrazine groups is 1. The van der Waals surface area contributed by atoms with Gasteiger partial charge in [0.25, 0.3) is 5.91 Å². The first-order valence-corrected chi connectivity index (χ1v) is 15.6. The average Bonchev–Trinajstić information content (AvgIpc) is 3.60. The summed E-state index contributed by atoms with van der Waals surface area (Å²) in [7, 11) is 1.78. The lowest BCUT2D eigenvalue weighted by atomic mass is 9.89. The first-order chi connectivity index (χ1) is 21.0. The standard InChI is InChI=1S/C30H40FN7O6S/c1-28(2,3)43-26(40)34-18-12-14-30(15-13-21(18)42-30)23-19(16-32-37(23)7)33-24(39)22-25(35-27(41)44-29(4,5)6)45-38(36-22)20-11-9-8-10-17(20)31/h8-11,16,18,21,36H,12-15H2,1-7H3,(H,33,39)(H,34,40)(H,35,41). The Bertz CT molecular complexity index is 1520. The lowest BCUT2D eigenvalue weighted by Gasteiger charge is -2.38. The van der Waals surface area contributed by atoms with Crippen LogP contribution in [-0.2, 0) is 31.7 Å². The molecule has 4 heterocycles. The van der Waals surface area contributed by atoms with Gasteiger partial charge in [-0.05, 0) is 79.4 Å². The van der Waals surface area contributed by atoms with Crippen LogP contribution in [0.2, 0.25) is 0 Å². The number of nitrogens with one attached hydrogen (secondary N) is 4. The van der Waals surface area contributed by atoms with Gasteiger partial charge in [0.15, 0.2) is 5.70 Å². The first kappa shape index (κ1) is 32.4. The van der Waals surface area contributed by atoms with Crippen LogP contribution in [0.3, 0.4) is 0 Å². The van der Waals surface area contributed by atoms with Gasteiger partial charge in [-0.25, -0.2) is 18.4 Å². The Balaban J connectivity index is 1.35. The first-order valence-electron chi connectivity index (χ1n) is 14.8. The normalized spacial score (nSPS) is 23.0. The van der Waals surface area contributed by atoms with Crippen LogP contribution in [0.25, 0.3) is 0 Å². The lowest BCUT2D eigenvalue weighted by Crippen LogP contribution is -2.49. The van der Waals surface area contributed by atoms with Crippen LogP contribution in [0.1, 0.15) is 72.9 Å². The molecule has 2 fully saturated rings. The predicted molar refractivity (Wildman–Crippen MR) is 166 cm³/mol. The van der Waals surface area contributed by atoms with Crippen molar-refractivity contribution in [3.05, 3.63) is 52.7 Å². The monoisotopic (exact) mass is 645 g/mol. The summed E-state index contributed by atoms with van der Waals surface area (Å²) in [6.45, 7) is 10.6. The van der Waals surface area contributed by atoms with E-state index >= 15 is 0 Å². The molecule has 3 aliphatic rings. The van der Waals surface area contributed by atoms with Gasteiger partial charge < -0.3 is 24.8 Å². The number of aryl methyl sites for hydroxylation is 1. The quantitative estimate of drug-likeness (QED) is 0.319. The number of aromatic nitrogens is 2. The van der Waals surface area contributed by atoms with Crippen LogP contribution in [0, 0.1) is 5.82 Å². The molecule has 0 radical (unpaired) electrons. The van der Waals surface area contributed by atoms with Gasteiger partial charge >= 0.3 is 12.2 Å². The van der Waals surface area contributed by atoms with Crippen LogP contribution in [0.5, 0.6) is 0 Å². The molecule has 3 aliphatic heterocycles. The number of rotatable bonds is 6. The Labute approximate surface area is 265 Å². The molecule has 3 amide bonds. The summed E-state index contributed by atoms with van der Waals surface area (Å²) in [5.41, 5.74) is 2.05. The Morgan fingerprint density at radius 3 is 2.40 bits per heavy atom. The Kier molecular flexibility index (Phi) is 8.70. The third kappa shape index (κ3) is 7.30. The molecule has 4 N–H and O–H groups in total. The van der Waals surface area contributed by atoms with Gasteiger partial charge in [0.2, 0.25) is 0 Å². The highest BCUT2D eigenvalue weighted by Gasteiger charge is 2.52. The van der Waals surface area contributed by atoms with E-state index in [4.69, 9.17) is 14.2 Å². The molecule has 3 unspecified atom stereocenters. The molecule has 5 rings (SSSR count). The van der Waals surface area contributed by atoms with Crippen molar-refractivity contribution in [3.8, 4) is 0 Å². The number of halogens is 1. The highest BCUT2D eigenvalue weighted by Crippen LogP contribution is 2.50. The zero-order valence-corrected chi connectivity index (χ0v) is 27.3. The SMILES string of the molecule is Cn1ncc(NC(=O)C2=C(NC(=O)OC(C)(C)C)SN(c3ccccc3F)N2)c1C12CCC(NC(=O)OC(C)(C)C)C(CC1)O2. The van der Waals surface area contributed by atoms with Gasteiger partial charge in [-0.2, -0.15) is 5.10 Å². The summed E-state index contributed by atoms with van der Waals surface area (Å²) in [4.78, 5) is 38.9. The molecule has 0 spiro atoms. The van der Waals surface area contributed by atoms with Crippen LogP contribution in [-0.4, -0.2) is 51.2 Å². The molecule has 1 aromatic carbocycles. The van der Waals surface area contributed by atoms with Gasteiger partial charge in [0.05, 0.1) is 29.7 Å². The maximum absolute atomic E-state index is 14.7. The minimum Gasteiger partial charge on any atom is -0.444 e. The number of anilines is 2. The largest absolute Gasteiger partial charge is 0.444 e. The van der Waals surface area contributed by atoms with Crippen LogP contribution < -0.4 is 25.8 Å². The second kappa shape index (κ2) is 12.1. The highest BCUT2D eigenvalue weighted by atomic mass is 32.2. The van der Waals surface area contributed by atoms with Gasteiger partial charge in [0.1, 0.15) is 33.3 Å². The van der Waals surface area contributed by atoms with Crippen molar-refractivity contribution in [1.29, 1.82) is 0 Å². The number of carbonyl (C=O) groups is 3. The van der Waals surface area contributed by atoms with Crippen molar-refractivity contribution in [1.82, 2.24) is 25.8 Å². The van der Waals surface area contributed by atoms with Crippen molar-refractivity contribution in [2.75, 3.05) is 9.73 Å². The Hall–Kier alpha value is -3.98. The summed E-state index contributed by atoms with van der Waals surface area (Å²) in [5, 5.41) is 13.0. The van der Waals surface area contributed by atoms with Crippen LogP contribution >= 0.6 is 11.9 Å². The molecule has 3 atom stereocenters. The number of hydrogen-bond acceptors (Lipinski definition) is 10. The van der Waals surface area contributed by atoms with Crippen molar-refractivity contribution < 1.29 is 33.0 Å². The summed E-state index contributed by atoms with van der Waals surface area (Å²) >= 11 is 0.934. The third-order valence-corrected chi connectivity index (χ3v) is 8.33. The highest BCUT2D eigenvalue weighted by molar-refractivity contribution is 8.04. The van der Waals surface area contributed by atoms with E-state index in [0.717, 1.165) is 11.9 Å². The molecular formula is C30H40FN7O6S. The zero-order chi connectivity index (χ0) is 32.7. The van der Waals surface area contributed by atoms with Gasteiger partial charge in [-0.15, -0.1) is 0 Å². The lowest BCUT2D eigenvalue weighted by molar-refractivity contribution is -0.113. The fraction of sp³-hybridized carbons (Fsp3) is 0.533. The average molecular weight is 646 g/mol. The van der Waals surface area contributed by atoms with Gasteiger partial charge in [-0.1, -0.05) is 12.1 Å². The Morgan fingerprint density at radius 1 is 1.04 bits per heavy atom. The molecule has 45 heavy (non-hydrogen) atoms. The number of alkyl carbamates (subject to hydrolysis) is 2. The van der Waals surface area contributed by atoms with Crippen molar-refractivity contribution in [2.45, 2.75) is 96.2 Å². The fourth-order valence-corrected chi connectivity index (χ4v) is 6.59. The molecule has 2 saturated heterocycles. The Morgan fingerprint density at radius 2 is 1.71 bits per heavy atom. The van der Waals surface area contributed by atoms with Crippen molar-refractivity contribution in [2.24, 2.45) is 7.05 Å². The summed E-state index contributed by atoms with van der Waals surface area (Å²) in [6.07, 6.45) is 2.64. The third-order valence-electron chi connectivity index (χ3n) is 7.37. The number of benzene rings is 1. The summed E-state index contributed by atoms with van der Waals surface area (Å²) < 4.78 is 35.1. The summed E-state index contributed by atoms with van der Waals surface area (Å²) in [5.74, 6) is -1.11. The van der Waals surface area contributed by atoms with E-state index in [9.17, 15) is 18.8 Å². The molecule has 1 aromatic heterocycles. The number of ether oxygens (including phenoxy) is 3. The smallest absolute Gasteiger partial charge is 0.412 e.